The van der Waals surface area contributed by atoms with Gasteiger partial charge in [-0.2, -0.15) is 0 Å². The minimum atomic E-state index is -2.41. The maximum atomic E-state index is 12.5. The van der Waals surface area contributed by atoms with Crippen LogP contribution in [0.4, 0.5) is 0 Å². The van der Waals surface area contributed by atoms with E-state index in [1.54, 1.807) is 0 Å². The van der Waals surface area contributed by atoms with Crippen molar-refractivity contribution in [1.82, 2.24) is 0 Å². The van der Waals surface area contributed by atoms with Gasteiger partial charge < -0.3 is 15.3 Å². The van der Waals surface area contributed by atoms with E-state index in [2.05, 4.69) is 38.2 Å². The van der Waals surface area contributed by atoms with Crippen LogP contribution >= 0.6 is 0 Å². The summed E-state index contributed by atoms with van der Waals surface area (Å²) in [5.41, 5.74) is -2.41. The fourth-order valence-electron chi connectivity index (χ4n) is 4.05. The lowest BCUT2D eigenvalue weighted by Crippen LogP contribution is -2.55. The maximum Gasteiger partial charge on any atom is 0.178 e. The number of ketones is 2. The molecule has 2 unspecified atom stereocenters. The summed E-state index contributed by atoms with van der Waals surface area (Å²) in [6.45, 7) is 3.39. The van der Waals surface area contributed by atoms with Crippen LogP contribution in [0, 0.1) is 0 Å². The van der Waals surface area contributed by atoms with Gasteiger partial charge in [0.25, 0.3) is 0 Å². The molecule has 0 aromatic carbocycles. The normalized spacial score (nSPS) is 14.7. The molecule has 0 bridgehead atoms. The molecule has 36 heavy (non-hydrogen) atoms. The highest BCUT2D eigenvalue weighted by molar-refractivity contribution is 5.96. The first kappa shape index (κ1) is 34.4. The minimum Gasteiger partial charge on any atom is -0.393 e. The lowest BCUT2D eigenvalue weighted by Gasteiger charge is -2.28. The highest BCUT2D eigenvalue weighted by Crippen LogP contribution is 2.19. The smallest absolute Gasteiger partial charge is 0.178 e. The van der Waals surface area contributed by atoms with Crippen LogP contribution in [-0.2, 0) is 9.59 Å². The number of aliphatic hydroxyl groups is 3. The van der Waals surface area contributed by atoms with Gasteiger partial charge in [0.05, 0.1) is 6.61 Å². The third-order valence-corrected chi connectivity index (χ3v) is 6.55. The van der Waals surface area contributed by atoms with Crippen LogP contribution in [0.25, 0.3) is 0 Å². The van der Waals surface area contributed by atoms with Gasteiger partial charge in [0.1, 0.15) is 0 Å². The van der Waals surface area contributed by atoms with Crippen LogP contribution in [0.15, 0.2) is 36.5 Å². The molecular weight excluding hydrogens is 452 g/mol. The van der Waals surface area contributed by atoms with Crippen LogP contribution < -0.4 is 0 Å². The predicted octanol–water partition coefficient (Wildman–Crippen LogP) is 6.94. The Labute approximate surface area is 220 Å². The van der Waals surface area contributed by atoms with E-state index in [9.17, 15) is 24.9 Å². The fourth-order valence-corrected chi connectivity index (χ4v) is 4.05. The lowest BCUT2D eigenvalue weighted by atomic mass is 9.86. The molecule has 0 aliphatic rings. The molecule has 0 aliphatic heterocycles. The van der Waals surface area contributed by atoms with Crippen molar-refractivity contribution in [2.45, 2.75) is 141 Å². The Morgan fingerprint density at radius 1 is 0.667 bits per heavy atom. The van der Waals surface area contributed by atoms with Crippen molar-refractivity contribution >= 4 is 11.6 Å². The highest BCUT2D eigenvalue weighted by atomic mass is 16.4. The maximum absolute atomic E-state index is 12.5. The lowest BCUT2D eigenvalue weighted by molar-refractivity contribution is -0.165. The van der Waals surface area contributed by atoms with Crippen LogP contribution in [0.2, 0.25) is 0 Å². The van der Waals surface area contributed by atoms with E-state index in [-0.39, 0.29) is 12.8 Å². The van der Waals surface area contributed by atoms with E-state index in [1.807, 2.05) is 12.2 Å². The zero-order chi connectivity index (χ0) is 26.9. The van der Waals surface area contributed by atoms with Crippen molar-refractivity contribution in [2.24, 2.45) is 0 Å². The number of allylic oxidation sites excluding steroid dienone is 6. The Hall–Kier alpha value is -1.56. The van der Waals surface area contributed by atoms with E-state index in [1.165, 1.54) is 38.5 Å². The van der Waals surface area contributed by atoms with E-state index in [0.717, 1.165) is 44.9 Å². The number of aliphatic hydroxyl groups excluding tert-OH is 2. The SMILES string of the molecule is CCCCCCCCC=CCC=CCC=CCCCC(=O)C(O)(CO)C(O)C(=O)CCCCCCC. The molecule has 0 aromatic heterocycles. The molecule has 0 fully saturated rings. The molecule has 208 valence electrons. The van der Waals surface area contributed by atoms with Gasteiger partial charge in [0, 0.05) is 12.8 Å². The molecule has 2 atom stereocenters. The van der Waals surface area contributed by atoms with Crippen LogP contribution in [0.3, 0.4) is 0 Å². The summed E-state index contributed by atoms with van der Waals surface area (Å²) in [6.07, 6.45) is 27.7. The van der Waals surface area contributed by atoms with Gasteiger partial charge in [-0.05, 0) is 44.9 Å². The first-order chi connectivity index (χ1) is 17.4. The van der Waals surface area contributed by atoms with Gasteiger partial charge in [-0.1, -0.05) is 108 Å². The number of hydrogen-bond acceptors (Lipinski definition) is 5. The highest BCUT2D eigenvalue weighted by Gasteiger charge is 2.45. The Bertz CT molecular complexity index is 637. The summed E-state index contributed by atoms with van der Waals surface area (Å²) in [5.74, 6) is -1.27. The summed E-state index contributed by atoms with van der Waals surface area (Å²) in [4.78, 5) is 24.7. The van der Waals surface area contributed by atoms with Crippen molar-refractivity contribution in [2.75, 3.05) is 6.61 Å². The van der Waals surface area contributed by atoms with Crippen molar-refractivity contribution in [3.05, 3.63) is 36.5 Å². The van der Waals surface area contributed by atoms with Gasteiger partial charge in [0.2, 0.25) is 0 Å². The Balaban J connectivity index is 4.05. The van der Waals surface area contributed by atoms with Crippen LogP contribution in [-0.4, -0.2) is 45.2 Å². The molecule has 3 N–H and O–H groups in total. The summed E-state index contributed by atoms with van der Waals surface area (Å²) in [6, 6.07) is 0. The third kappa shape index (κ3) is 17.0. The average molecular weight is 507 g/mol. The minimum absolute atomic E-state index is 0.00147. The average Bonchev–Trinajstić information content (AvgIpc) is 2.89. The molecule has 0 saturated carbocycles. The largest absolute Gasteiger partial charge is 0.393 e. The zero-order valence-electron chi connectivity index (χ0n) is 23.1. The van der Waals surface area contributed by atoms with Gasteiger partial charge in [-0.3, -0.25) is 9.59 Å². The summed E-state index contributed by atoms with van der Waals surface area (Å²) in [5, 5.41) is 30.3. The Morgan fingerprint density at radius 2 is 1.14 bits per heavy atom. The van der Waals surface area contributed by atoms with Crippen molar-refractivity contribution < 1.29 is 24.9 Å². The first-order valence-corrected chi connectivity index (χ1v) is 14.5. The van der Waals surface area contributed by atoms with Crippen LogP contribution in [0.5, 0.6) is 0 Å². The van der Waals surface area contributed by atoms with E-state index in [0.29, 0.717) is 19.3 Å². The number of carbonyl (C=O) groups is 2. The number of carbonyl (C=O) groups excluding carboxylic acids is 2. The van der Waals surface area contributed by atoms with E-state index >= 15 is 0 Å². The first-order valence-electron chi connectivity index (χ1n) is 14.5. The van der Waals surface area contributed by atoms with Gasteiger partial charge in [-0.25, -0.2) is 0 Å². The molecule has 0 radical (unpaired) electrons. The molecular formula is C31H54O5. The topological polar surface area (TPSA) is 94.8 Å². The summed E-state index contributed by atoms with van der Waals surface area (Å²) < 4.78 is 0. The zero-order valence-corrected chi connectivity index (χ0v) is 23.1. The number of Topliss-reactive ketones (excluding diaryl/α,β-unsaturated/α-hetero) is 2. The number of rotatable bonds is 25. The van der Waals surface area contributed by atoms with E-state index in [4.69, 9.17) is 0 Å². The van der Waals surface area contributed by atoms with Crippen LogP contribution in [0.1, 0.15) is 129 Å². The Morgan fingerprint density at radius 3 is 1.69 bits per heavy atom. The molecule has 0 spiro atoms. The van der Waals surface area contributed by atoms with Gasteiger partial charge >= 0.3 is 0 Å². The second-order valence-electron chi connectivity index (χ2n) is 9.87. The summed E-state index contributed by atoms with van der Waals surface area (Å²) >= 11 is 0. The molecule has 0 aromatic rings. The van der Waals surface area contributed by atoms with Crippen molar-refractivity contribution in [3.8, 4) is 0 Å². The molecule has 5 heteroatoms. The quantitative estimate of drug-likeness (QED) is 0.0921. The van der Waals surface area contributed by atoms with Crippen molar-refractivity contribution in [1.29, 1.82) is 0 Å². The van der Waals surface area contributed by atoms with Gasteiger partial charge in [0.15, 0.2) is 23.3 Å². The third-order valence-electron chi connectivity index (χ3n) is 6.55. The Kier molecular flexibility index (Phi) is 22.8. The fraction of sp³-hybridized carbons (Fsp3) is 0.742. The molecule has 0 amide bonds. The molecule has 0 rings (SSSR count). The molecule has 0 heterocycles. The molecule has 5 nitrogen and oxygen atoms in total. The number of hydrogen-bond donors (Lipinski definition) is 3. The van der Waals surface area contributed by atoms with Gasteiger partial charge in [-0.15, -0.1) is 0 Å². The standard InChI is InChI=1S/C31H54O5/c1-3-5-7-9-10-11-12-13-14-15-16-17-18-19-20-22-24-26-29(34)31(36,27-32)30(35)28(33)25-23-21-8-6-4-2/h13-14,16-17,19-20,30,32,35-36H,3-12,15,18,21-27H2,1-2H3. The molecule has 0 saturated heterocycles. The summed E-state index contributed by atoms with van der Waals surface area (Å²) in [7, 11) is 0. The number of unbranched alkanes of at least 4 members (excludes halogenated alkanes) is 11. The van der Waals surface area contributed by atoms with E-state index < -0.39 is 29.9 Å². The van der Waals surface area contributed by atoms with Crippen molar-refractivity contribution in [3.63, 3.8) is 0 Å². The second-order valence-corrected chi connectivity index (χ2v) is 9.87. The monoisotopic (exact) mass is 506 g/mol. The predicted molar refractivity (Wildman–Crippen MR) is 150 cm³/mol. The second kappa shape index (κ2) is 23.8. The molecule has 0 aliphatic carbocycles.